The number of halogens is 2. The number of amides is 2. The van der Waals surface area contributed by atoms with E-state index in [0.717, 1.165) is 12.5 Å². The number of ether oxygens (including phenoxy) is 1. The number of hydrogen-bond donors (Lipinski definition) is 0. The van der Waals surface area contributed by atoms with Gasteiger partial charge < -0.3 is 14.5 Å². The van der Waals surface area contributed by atoms with E-state index < -0.39 is 39.5 Å². The Morgan fingerprint density at radius 2 is 1.56 bits per heavy atom. The van der Waals surface area contributed by atoms with Crippen molar-refractivity contribution in [1.82, 2.24) is 9.80 Å². The zero-order chi connectivity index (χ0) is 24.7. The molecule has 2 unspecified atom stereocenters. The van der Waals surface area contributed by atoms with Crippen molar-refractivity contribution in [3.63, 3.8) is 0 Å². The van der Waals surface area contributed by atoms with E-state index >= 15 is 0 Å². The SMILES string of the molecule is Cc1ccc(F)c(C(=O)N2CCC3(CC2)CCN(C(=O)C24CCC(C)(C(=O)O2)C4(C)C)C3)c1F. The van der Waals surface area contributed by atoms with E-state index in [0.29, 0.717) is 51.9 Å². The van der Waals surface area contributed by atoms with Crippen LogP contribution in [0.1, 0.15) is 68.8 Å². The Bertz CT molecular complexity index is 1090. The molecule has 2 atom stereocenters. The fraction of sp³-hybridized carbons (Fsp3) is 0.654. The monoisotopic (exact) mass is 474 g/mol. The molecular weight excluding hydrogens is 442 g/mol. The number of carbonyl (C=O) groups excluding carboxylic acids is 3. The highest BCUT2D eigenvalue weighted by Gasteiger charge is 2.76. The van der Waals surface area contributed by atoms with Crippen LogP contribution in [0.4, 0.5) is 8.78 Å². The van der Waals surface area contributed by atoms with Crippen LogP contribution in [0.15, 0.2) is 12.1 Å². The molecule has 6 nitrogen and oxygen atoms in total. The van der Waals surface area contributed by atoms with Gasteiger partial charge in [0.25, 0.3) is 11.8 Å². The maximum Gasteiger partial charge on any atom is 0.313 e. The van der Waals surface area contributed by atoms with Crippen molar-refractivity contribution in [3.8, 4) is 0 Å². The summed E-state index contributed by atoms with van der Waals surface area (Å²) in [6, 6.07) is 2.45. The lowest BCUT2D eigenvalue weighted by Crippen LogP contribution is -2.55. The summed E-state index contributed by atoms with van der Waals surface area (Å²) in [5.41, 5.74) is -2.73. The molecule has 34 heavy (non-hydrogen) atoms. The first-order chi connectivity index (χ1) is 15.9. The molecule has 1 saturated carbocycles. The fourth-order valence-corrected chi connectivity index (χ4v) is 6.69. The van der Waals surface area contributed by atoms with E-state index in [1.54, 1.807) is 0 Å². The van der Waals surface area contributed by atoms with Crippen LogP contribution in [0.2, 0.25) is 0 Å². The highest BCUT2D eigenvalue weighted by atomic mass is 19.1. The Balaban J connectivity index is 1.28. The van der Waals surface area contributed by atoms with Crippen LogP contribution in [-0.4, -0.2) is 59.4 Å². The van der Waals surface area contributed by atoms with Crippen LogP contribution >= 0.6 is 0 Å². The van der Waals surface area contributed by atoms with Gasteiger partial charge in [-0.25, -0.2) is 8.78 Å². The van der Waals surface area contributed by atoms with Gasteiger partial charge in [0.15, 0.2) is 5.60 Å². The third kappa shape index (κ3) is 2.86. The van der Waals surface area contributed by atoms with Gasteiger partial charge in [0.2, 0.25) is 0 Å². The minimum absolute atomic E-state index is 0.105. The number of benzene rings is 1. The van der Waals surface area contributed by atoms with Crippen molar-refractivity contribution in [2.45, 2.75) is 65.4 Å². The minimum Gasteiger partial charge on any atom is -0.448 e. The second-order valence-corrected chi connectivity index (χ2v) is 11.5. The maximum absolute atomic E-state index is 14.5. The number of likely N-dealkylation sites (tertiary alicyclic amines) is 2. The summed E-state index contributed by atoms with van der Waals surface area (Å²) in [5, 5.41) is 0. The Hall–Kier alpha value is -2.51. The molecule has 1 spiro atoms. The molecule has 0 aromatic heterocycles. The summed E-state index contributed by atoms with van der Waals surface area (Å²) in [7, 11) is 0. The van der Waals surface area contributed by atoms with Gasteiger partial charge in [-0.1, -0.05) is 19.9 Å². The number of piperidine rings is 1. The van der Waals surface area contributed by atoms with Crippen LogP contribution < -0.4 is 0 Å². The molecule has 0 radical (unpaired) electrons. The van der Waals surface area contributed by atoms with E-state index in [-0.39, 0.29) is 22.9 Å². The van der Waals surface area contributed by atoms with Crippen molar-refractivity contribution in [2.24, 2.45) is 16.2 Å². The second kappa shape index (κ2) is 7.25. The highest BCUT2D eigenvalue weighted by Crippen LogP contribution is 2.66. The van der Waals surface area contributed by atoms with Gasteiger partial charge >= 0.3 is 5.97 Å². The Morgan fingerprint density at radius 1 is 0.941 bits per heavy atom. The molecule has 1 aromatic rings. The van der Waals surface area contributed by atoms with E-state index in [2.05, 4.69) is 0 Å². The van der Waals surface area contributed by atoms with Crippen molar-refractivity contribution >= 4 is 17.8 Å². The number of hydrogen-bond acceptors (Lipinski definition) is 4. The first-order valence-electron chi connectivity index (χ1n) is 12.1. The Kier molecular flexibility index (Phi) is 4.95. The lowest BCUT2D eigenvalue weighted by Gasteiger charge is -2.41. The zero-order valence-electron chi connectivity index (χ0n) is 20.3. The molecule has 5 rings (SSSR count). The average molecular weight is 475 g/mol. The van der Waals surface area contributed by atoms with Crippen LogP contribution in [0.3, 0.4) is 0 Å². The molecule has 3 saturated heterocycles. The first kappa shape index (κ1) is 23.2. The van der Waals surface area contributed by atoms with Crippen molar-refractivity contribution < 1.29 is 27.9 Å². The summed E-state index contributed by atoms with van der Waals surface area (Å²) < 4.78 is 34.5. The van der Waals surface area contributed by atoms with Gasteiger partial charge in [-0.2, -0.15) is 0 Å². The molecule has 4 aliphatic rings. The summed E-state index contributed by atoms with van der Waals surface area (Å²) in [6.07, 6.45) is 3.31. The third-order valence-corrected chi connectivity index (χ3v) is 9.76. The molecule has 2 bridgehead atoms. The average Bonchev–Trinajstić information content (AvgIpc) is 3.34. The molecule has 184 valence electrons. The van der Waals surface area contributed by atoms with E-state index in [1.807, 2.05) is 25.7 Å². The van der Waals surface area contributed by atoms with Crippen LogP contribution in [0.25, 0.3) is 0 Å². The largest absolute Gasteiger partial charge is 0.448 e. The van der Waals surface area contributed by atoms with Crippen molar-refractivity contribution in [3.05, 3.63) is 34.9 Å². The van der Waals surface area contributed by atoms with E-state index in [4.69, 9.17) is 4.74 Å². The molecule has 3 aliphatic heterocycles. The predicted molar refractivity (Wildman–Crippen MR) is 120 cm³/mol. The lowest BCUT2D eigenvalue weighted by molar-refractivity contribution is -0.173. The molecular formula is C26H32F2N2O4. The van der Waals surface area contributed by atoms with Gasteiger partial charge in [-0.3, -0.25) is 14.4 Å². The number of nitrogens with zero attached hydrogens (tertiary/aromatic N) is 2. The normalized spacial score (nSPS) is 31.3. The number of fused-ring (bicyclic) bond motifs is 2. The Morgan fingerprint density at radius 3 is 2.12 bits per heavy atom. The van der Waals surface area contributed by atoms with Gasteiger partial charge in [0, 0.05) is 31.6 Å². The summed E-state index contributed by atoms with van der Waals surface area (Å²) in [6.45, 7) is 9.23. The minimum atomic E-state index is -1.11. The number of aryl methyl sites for hydroxylation is 1. The molecule has 4 fully saturated rings. The highest BCUT2D eigenvalue weighted by molar-refractivity contribution is 5.96. The van der Waals surface area contributed by atoms with Gasteiger partial charge in [-0.05, 0) is 63.0 Å². The molecule has 8 heteroatoms. The quantitative estimate of drug-likeness (QED) is 0.611. The fourth-order valence-electron chi connectivity index (χ4n) is 6.69. The second-order valence-electron chi connectivity index (χ2n) is 11.5. The zero-order valence-corrected chi connectivity index (χ0v) is 20.3. The number of carbonyl (C=O) groups is 3. The molecule has 0 N–H and O–H groups in total. The van der Waals surface area contributed by atoms with E-state index in [9.17, 15) is 23.2 Å². The van der Waals surface area contributed by atoms with Gasteiger partial charge in [-0.15, -0.1) is 0 Å². The summed E-state index contributed by atoms with van der Waals surface area (Å²) in [5.74, 6) is -2.66. The maximum atomic E-state index is 14.5. The van der Waals surface area contributed by atoms with Crippen LogP contribution in [0, 0.1) is 34.8 Å². The third-order valence-electron chi connectivity index (χ3n) is 9.76. The van der Waals surface area contributed by atoms with Crippen LogP contribution in [-0.2, 0) is 14.3 Å². The molecule has 2 amide bonds. The van der Waals surface area contributed by atoms with Crippen LogP contribution in [0.5, 0.6) is 0 Å². The first-order valence-corrected chi connectivity index (χ1v) is 12.1. The lowest BCUT2D eigenvalue weighted by atomic mass is 9.66. The summed E-state index contributed by atoms with van der Waals surface area (Å²) >= 11 is 0. The van der Waals surface area contributed by atoms with Crippen molar-refractivity contribution in [2.75, 3.05) is 26.2 Å². The Labute approximate surface area is 198 Å². The topological polar surface area (TPSA) is 66.9 Å². The van der Waals surface area contributed by atoms with Crippen molar-refractivity contribution in [1.29, 1.82) is 0 Å². The van der Waals surface area contributed by atoms with Gasteiger partial charge in [0.1, 0.15) is 17.2 Å². The summed E-state index contributed by atoms with van der Waals surface area (Å²) in [4.78, 5) is 42.6. The number of rotatable bonds is 2. The molecule has 3 heterocycles. The molecule has 1 aromatic carbocycles. The molecule has 1 aliphatic carbocycles. The predicted octanol–water partition coefficient (Wildman–Crippen LogP) is 3.85. The van der Waals surface area contributed by atoms with E-state index in [1.165, 1.54) is 17.9 Å². The smallest absolute Gasteiger partial charge is 0.313 e. The van der Waals surface area contributed by atoms with Gasteiger partial charge in [0.05, 0.1) is 5.41 Å². The standard InChI is InChI=1S/C26H32F2N2O4/c1-16-5-6-17(27)18(19(16)28)20(31)29-12-9-25(10-13-29)11-14-30(15-25)21(32)26-8-7-24(4,22(33)34-26)23(26,2)3/h5-6H,7-15H2,1-4H3. The number of esters is 1.